The van der Waals surface area contributed by atoms with Gasteiger partial charge in [0.1, 0.15) is 23.9 Å². The number of aromatic nitrogens is 1. The van der Waals surface area contributed by atoms with Gasteiger partial charge in [0, 0.05) is 48.4 Å². The lowest BCUT2D eigenvalue weighted by atomic mass is 10.0. The van der Waals surface area contributed by atoms with Crippen molar-refractivity contribution < 1.29 is 37.5 Å². The second-order valence-electron chi connectivity index (χ2n) is 10.3. The van der Waals surface area contributed by atoms with Crippen LogP contribution in [0, 0.1) is 11.6 Å². The van der Waals surface area contributed by atoms with Gasteiger partial charge in [-0.25, -0.2) is 18.6 Å². The van der Waals surface area contributed by atoms with Gasteiger partial charge in [-0.3, -0.25) is 15.1 Å². The van der Waals surface area contributed by atoms with Crippen molar-refractivity contribution in [3.8, 4) is 22.4 Å². The molecule has 0 unspecified atom stereocenters. The highest BCUT2D eigenvalue weighted by molar-refractivity contribution is 6.30. The van der Waals surface area contributed by atoms with Gasteiger partial charge in [0.15, 0.2) is 6.10 Å². The highest BCUT2D eigenvalue weighted by atomic mass is 35.5. The molecule has 10 nitrogen and oxygen atoms in total. The monoisotopic (exact) mass is 640 g/mol. The van der Waals surface area contributed by atoms with Gasteiger partial charge in [-0.15, -0.1) is 0 Å². The van der Waals surface area contributed by atoms with Gasteiger partial charge in [-0.1, -0.05) is 53.2 Å². The number of ether oxygens (including phenoxy) is 2. The standard InChI is InChI=1S/C32H31ClF2N4O6/c33-23-9-10-27(35)25(17-23)22-7-5-21(6-8-22)19-39(20-29(40)32(42)44-16-13-38-11-14-43-15-12-38)36-31(41)30-18-28(37-45-30)24-3-1-2-4-26(24)34/h1-10,17-18,29,40H,11-16,19-20H2,(H,36,41)/t29-/m1/s1. The summed E-state index contributed by atoms with van der Waals surface area (Å²) in [5.41, 5.74) is 4.47. The summed E-state index contributed by atoms with van der Waals surface area (Å²) in [4.78, 5) is 27.8. The van der Waals surface area contributed by atoms with E-state index < -0.39 is 29.6 Å². The van der Waals surface area contributed by atoms with Crippen LogP contribution in [0.2, 0.25) is 5.02 Å². The Hall–Kier alpha value is -4.20. The van der Waals surface area contributed by atoms with E-state index in [1.807, 2.05) is 0 Å². The third kappa shape index (κ3) is 8.71. The Bertz CT molecular complexity index is 1610. The van der Waals surface area contributed by atoms with E-state index in [2.05, 4.69) is 15.5 Å². The Morgan fingerprint density at radius 3 is 2.51 bits per heavy atom. The van der Waals surface area contributed by atoms with E-state index in [-0.39, 0.29) is 36.7 Å². The van der Waals surface area contributed by atoms with Gasteiger partial charge in [-0.2, -0.15) is 0 Å². The predicted molar refractivity (Wildman–Crippen MR) is 161 cm³/mol. The summed E-state index contributed by atoms with van der Waals surface area (Å²) in [7, 11) is 0. The van der Waals surface area contributed by atoms with Gasteiger partial charge in [0.05, 0.1) is 19.8 Å². The molecule has 2 heterocycles. The van der Waals surface area contributed by atoms with Gasteiger partial charge >= 0.3 is 11.9 Å². The van der Waals surface area contributed by atoms with E-state index in [0.717, 1.165) is 13.1 Å². The van der Waals surface area contributed by atoms with Crippen LogP contribution < -0.4 is 5.43 Å². The number of carbonyl (C=O) groups is 2. The van der Waals surface area contributed by atoms with Gasteiger partial charge in [0.2, 0.25) is 5.76 Å². The lowest BCUT2D eigenvalue weighted by Crippen LogP contribution is -2.47. The van der Waals surface area contributed by atoms with Crippen molar-refractivity contribution in [2.45, 2.75) is 12.6 Å². The minimum absolute atomic E-state index is 0.0382. The number of amides is 1. The first kappa shape index (κ1) is 32.2. The van der Waals surface area contributed by atoms with Crippen molar-refractivity contribution in [3.05, 3.63) is 101 Å². The van der Waals surface area contributed by atoms with Crippen LogP contribution in [0.1, 0.15) is 16.1 Å². The summed E-state index contributed by atoms with van der Waals surface area (Å²) >= 11 is 6.04. The van der Waals surface area contributed by atoms with Gasteiger partial charge in [-0.05, 0) is 41.5 Å². The molecule has 2 N–H and O–H groups in total. The lowest BCUT2D eigenvalue weighted by molar-refractivity contribution is -0.155. The van der Waals surface area contributed by atoms with Crippen molar-refractivity contribution in [1.29, 1.82) is 0 Å². The molecule has 1 fully saturated rings. The van der Waals surface area contributed by atoms with Crippen LogP contribution in [0.4, 0.5) is 8.78 Å². The number of benzene rings is 3. The maximum Gasteiger partial charge on any atom is 0.336 e. The average molecular weight is 641 g/mol. The van der Waals surface area contributed by atoms with Gasteiger partial charge in [0.25, 0.3) is 0 Å². The zero-order valence-corrected chi connectivity index (χ0v) is 24.9. The van der Waals surface area contributed by atoms with E-state index >= 15 is 0 Å². The highest BCUT2D eigenvalue weighted by Crippen LogP contribution is 2.27. The number of hydrazine groups is 1. The maximum atomic E-state index is 14.4. The highest BCUT2D eigenvalue weighted by Gasteiger charge is 2.25. The minimum atomic E-state index is -1.60. The zero-order valence-electron chi connectivity index (χ0n) is 24.1. The van der Waals surface area contributed by atoms with Crippen molar-refractivity contribution in [2.75, 3.05) is 46.0 Å². The molecule has 1 aliphatic heterocycles. The molecule has 5 rings (SSSR count). The first-order valence-electron chi connectivity index (χ1n) is 14.2. The molecule has 1 saturated heterocycles. The number of morpholine rings is 1. The summed E-state index contributed by atoms with van der Waals surface area (Å²) in [6.45, 7) is 2.95. The summed E-state index contributed by atoms with van der Waals surface area (Å²) < 4.78 is 44.4. The summed E-state index contributed by atoms with van der Waals surface area (Å²) in [6, 6.07) is 18.3. The number of hydrogen-bond acceptors (Lipinski definition) is 9. The second-order valence-corrected chi connectivity index (χ2v) is 10.8. The van der Waals surface area contributed by atoms with Crippen LogP contribution in [0.3, 0.4) is 0 Å². The van der Waals surface area contributed by atoms with Crippen molar-refractivity contribution >= 4 is 23.5 Å². The normalized spacial score (nSPS) is 14.3. The summed E-state index contributed by atoms with van der Waals surface area (Å²) in [5.74, 6) is -2.77. The molecule has 0 spiro atoms. The Labute approximate surface area is 263 Å². The number of rotatable bonds is 12. The van der Waals surface area contributed by atoms with Crippen molar-refractivity contribution in [1.82, 2.24) is 20.5 Å². The molecule has 13 heteroatoms. The largest absolute Gasteiger partial charge is 0.462 e. The average Bonchev–Trinajstić information content (AvgIpc) is 3.54. The Balaban J connectivity index is 1.27. The fourth-order valence-electron chi connectivity index (χ4n) is 4.73. The lowest BCUT2D eigenvalue weighted by Gasteiger charge is -2.27. The number of esters is 1. The maximum absolute atomic E-state index is 14.4. The number of aliphatic hydroxyl groups excluding tert-OH is 1. The van der Waals surface area contributed by atoms with Crippen LogP contribution in [0.15, 0.2) is 77.3 Å². The fraction of sp³-hybridized carbons (Fsp3) is 0.281. The van der Waals surface area contributed by atoms with Crippen LogP contribution in [0.25, 0.3) is 22.4 Å². The molecule has 1 aliphatic rings. The summed E-state index contributed by atoms with van der Waals surface area (Å²) in [6.07, 6.45) is -1.60. The van der Waals surface area contributed by atoms with Gasteiger partial charge < -0.3 is 19.1 Å². The number of carbonyl (C=O) groups excluding carboxylic acids is 2. The molecule has 0 radical (unpaired) electrons. The van der Waals surface area contributed by atoms with Crippen LogP contribution in [0.5, 0.6) is 0 Å². The zero-order chi connectivity index (χ0) is 31.8. The molecule has 0 aliphatic carbocycles. The SMILES string of the molecule is O=C(NN(Cc1ccc(-c2cc(Cl)ccc2F)cc1)C[C@@H](O)C(=O)OCCN1CCOCC1)c1cc(-c2ccccc2F)no1. The fourth-order valence-corrected chi connectivity index (χ4v) is 4.91. The Kier molecular flexibility index (Phi) is 10.9. The van der Waals surface area contributed by atoms with Crippen molar-refractivity contribution in [3.63, 3.8) is 0 Å². The molecule has 236 valence electrons. The number of aliphatic hydroxyl groups is 1. The van der Waals surface area contributed by atoms with E-state index in [4.69, 9.17) is 25.6 Å². The molecule has 0 saturated carbocycles. The molecule has 1 amide bonds. The molecule has 45 heavy (non-hydrogen) atoms. The molecule has 4 aromatic rings. The molecule has 1 aromatic heterocycles. The third-order valence-corrected chi connectivity index (χ3v) is 7.37. The Morgan fingerprint density at radius 1 is 1.02 bits per heavy atom. The van der Waals surface area contributed by atoms with E-state index in [1.54, 1.807) is 30.3 Å². The molecule has 0 bridgehead atoms. The van der Waals surface area contributed by atoms with Crippen molar-refractivity contribution in [2.24, 2.45) is 0 Å². The smallest absolute Gasteiger partial charge is 0.336 e. The van der Waals surface area contributed by atoms with Crippen LogP contribution in [-0.2, 0) is 20.8 Å². The topological polar surface area (TPSA) is 117 Å². The van der Waals surface area contributed by atoms with Crippen LogP contribution >= 0.6 is 11.6 Å². The number of nitrogens with one attached hydrogen (secondary N) is 1. The third-order valence-electron chi connectivity index (χ3n) is 7.13. The molecular weight excluding hydrogens is 610 g/mol. The number of halogens is 3. The van der Waals surface area contributed by atoms with Crippen LogP contribution in [-0.4, -0.2) is 84.2 Å². The predicted octanol–water partition coefficient (Wildman–Crippen LogP) is 4.32. The molecule has 3 aromatic carbocycles. The first-order valence-corrected chi connectivity index (χ1v) is 14.6. The quantitative estimate of drug-likeness (QED) is 0.172. The van der Waals surface area contributed by atoms with E-state index in [9.17, 15) is 23.5 Å². The second kappa shape index (κ2) is 15.2. The first-order chi connectivity index (χ1) is 21.8. The molecule has 1 atom stereocenters. The molecular formula is C32H31ClF2N4O6. The van der Waals surface area contributed by atoms with E-state index in [0.29, 0.717) is 41.5 Å². The number of hydrogen-bond donors (Lipinski definition) is 2. The minimum Gasteiger partial charge on any atom is -0.462 e. The summed E-state index contributed by atoms with van der Waals surface area (Å²) in [5, 5.41) is 16.2. The number of nitrogens with zero attached hydrogens (tertiary/aromatic N) is 3. The Morgan fingerprint density at radius 2 is 1.76 bits per heavy atom. The van der Waals surface area contributed by atoms with E-state index in [1.165, 1.54) is 47.5 Å².